The summed E-state index contributed by atoms with van der Waals surface area (Å²) in [7, 11) is -1.68. The van der Waals surface area contributed by atoms with Gasteiger partial charge in [0.2, 0.25) is 5.88 Å². The van der Waals surface area contributed by atoms with Crippen molar-refractivity contribution in [3.63, 3.8) is 0 Å². The average molecular weight is 464 g/mol. The highest BCUT2D eigenvalue weighted by Crippen LogP contribution is 2.40. The summed E-state index contributed by atoms with van der Waals surface area (Å²) >= 11 is 0. The minimum Gasteiger partial charge on any atom is -0.478 e. The van der Waals surface area contributed by atoms with Crippen molar-refractivity contribution in [1.82, 2.24) is 15.0 Å². The lowest BCUT2D eigenvalue weighted by atomic mass is 10.1. The monoisotopic (exact) mass is 463 g/mol. The molecule has 0 radical (unpaired) electrons. The van der Waals surface area contributed by atoms with Gasteiger partial charge in [-0.05, 0) is 37.1 Å². The van der Waals surface area contributed by atoms with Crippen LogP contribution in [-0.2, 0) is 4.74 Å². The van der Waals surface area contributed by atoms with Crippen LogP contribution in [0.1, 0.15) is 70.4 Å². The zero-order valence-corrected chi connectivity index (χ0v) is 22.2. The van der Waals surface area contributed by atoms with Gasteiger partial charge in [0.15, 0.2) is 0 Å². The van der Waals surface area contributed by atoms with Gasteiger partial charge in [0.05, 0.1) is 20.2 Å². The summed E-state index contributed by atoms with van der Waals surface area (Å²) in [6.45, 7) is 12.3. The minimum absolute atomic E-state index is 0.360. The SMILES string of the molecule is CCCCCCCC[Si](C)(C)C(/C(C)=C(/OCC)n1nnc2ccccc21)c1ccccc1. The summed E-state index contributed by atoms with van der Waals surface area (Å²) in [5.74, 6) is 0.837. The molecule has 2 aromatic carbocycles. The molecule has 4 nitrogen and oxygen atoms in total. The molecule has 0 spiro atoms. The second-order valence-corrected chi connectivity index (χ2v) is 14.8. The molecule has 1 aromatic heterocycles. The summed E-state index contributed by atoms with van der Waals surface area (Å²) in [6, 6.07) is 20.4. The predicted molar refractivity (Wildman–Crippen MR) is 143 cm³/mol. The molecule has 1 heterocycles. The van der Waals surface area contributed by atoms with Gasteiger partial charge in [0.1, 0.15) is 5.52 Å². The summed E-state index contributed by atoms with van der Waals surface area (Å²) in [6.07, 6.45) is 8.05. The number of benzene rings is 2. The molecule has 0 fully saturated rings. The molecule has 0 bridgehead atoms. The summed E-state index contributed by atoms with van der Waals surface area (Å²) in [4.78, 5) is 0. The van der Waals surface area contributed by atoms with E-state index in [4.69, 9.17) is 4.74 Å². The van der Waals surface area contributed by atoms with Crippen LogP contribution in [0.25, 0.3) is 16.9 Å². The number of fused-ring (bicyclic) bond motifs is 1. The Bertz CT molecular complexity index is 1030. The van der Waals surface area contributed by atoms with Crippen molar-refractivity contribution in [3.05, 3.63) is 65.7 Å². The van der Waals surface area contributed by atoms with Gasteiger partial charge < -0.3 is 4.74 Å². The van der Waals surface area contributed by atoms with Crippen molar-refractivity contribution >= 4 is 25.0 Å². The van der Waals surface area contributed by atoms with E-state index in [0.717, 1.165) is 16.9 Å². The Morgan fingerprint density at radius 1 is 0.909 bits per heavy atom. The number of nitrogens with zero attached hydrogens (tertiary/aromatic N) is 3. The van der Waals surface area contributed by atoms with E-state index in [2.05, 4.69) is 73.7 Å². The molecular formula is C28H41N3OSi. The van der Waals surface area contributed by atoms with Crippen LogP contribution in [0, 0.1) is 0 Å². The minimum atomic E-state index is -1.68. The van der Waals surface area contributed by atoms with Crippen molar-refractivity contribution in [3.8, 4) is 0 Å². The maximum Gasteiger partial charge on any atom is 0.215 e. The normalized spacial score (nSPS) is 13.7. The molecule has 0 saturated heterocycles. The van der Waals surface area contributed by atoms with Gasteiger partial charge in [0.25, 0.3) is 0 Å². The van der Waals surface area contributed by atoms with E-state index in [-0.39, 0.29) is 0 Å². The maximum absolute atomic E-state index is 6.29. The number of unbranched alkanes of at least 4 members (excludes halogenated alkanes) is 5. The lowest BCUT2D eigenvalue weighted by Crippen LogP contribution is -2.36. The van der Waals surface area contributed by atoms with E-state index < -0.39 is 8.07 Å². The lowest BCUT2D eigenvalue weighted by molar-refractivity contribution is 0.269. The first-order valence-corrected chi connectivity index (χ1v) is 16.0. The Labute approximate surface area is 201 Å². The number of rotatable bonds is 13. The highest BCUT2D eigenvalue weighted by Gasteiger charge is 2.36. The van der Waals surface area contributed by atoms with Gasteiger partial charge in [-0.1, -0.05) is 112 Å². The summed E-state index contributed by atoms with van der Waals surface area (Å²) in [5, 5.41) is 8.89. The van der Waals surface area contributed by atoms with Crippen LogP contribution in [0.3, 0.4) is 0 Å². The van der Waals surface area contributed by atoms with Crippen molar-refractivity contribution < 1.29 is 4.74 Å². The van der Waals surface area contributed by atoms with E-state index in [1.165, 1.54) is 55.7 Å². The third-order valence-electron chi connectivity index (χ3n) is 6.68. The molecule has 0 saturated carbocycles. The summed E-state index contributed by atoms with van der Waals surface area (Å²) in [5.41, 5.74) is 4.89. The largest absolute Gasteiger partial charge is 0.478 e. The van der Waals surface area contributed by atoms with E-state index in [0.29, 0.717) is 12.1 Å². The van der Waals surface area contributed by atoms with Crippen LogP contribution < -0.4 is 0 Å². The van der Waals surface area contributed by atoms with Gasteiger partial charge in [-0.25, -0.2) is 0 Å². The number of allylic oxidation sites excluding steroid dienone is 1. The highest BCUT2D eigenvalue weighted by atomic mass is 28.3. The molecular weight excluding hydrogens is 422 g/mol. The number of hydrogen-bond donors (Lipinski definition) is 0. The fraction of sp³-hybridized carbons (Fsp3) is 0.500. The van der Waals surface area contributed by atoms with E-state index in [1.807, 2.05) is 29.8 Å². The van der Waals surface area contributed by atoms with Crippen LogP contribution >= 0.6 is 0 Å². The number of aromatic nitrogens is 3. The second-order valence-electron chi connectivity index (χ2n) is 9.76. The Kier molecular flexibility index (Phi) is 9.30. The standard InChI is InChI=1S/C28H41N3OSi/c1-6-8-9-10-11-17-22-33(4,5)27(24-18-13-12-14-19-24)23(3)28(32-7-2)31-26-21-16-15-20-25(26)29-30-31/h12-16,18-21,27H,6-11,17,22H2,1-5H3/b28-23+. The molecule has 1 unspecified atom stereocenters. The van der Waals surface area contributed by atoms with E-state index >= 15 is 0 Å². The molecule has 0 amide bonds. The number of ether oxygens (including phenoxy) is 1. The quantitative estimate of drug-likeness (QED) is 0.146. The van der Waals surface area contributed by atoms with E-state index in [9.17, 15) is 0 Å². The molecule has 0 aliphatic carbocycles. The van der Waals surface area contributed by atoms with Crippen LogP contribution in [0.5, 0.6) is 0 Å². The average Bonchev–Trinajstić information content (AvgIpc) is 3.24. The Morgan fingerprint density at radius 3 is 2.30 bits per heavy atom. The Morgan fingerprint density at radius 2 is 1.58 bits per heavy atom. The van der Waals surface area contributed by atoms with Crippen molar-refractivity contribution in [2.24, 2.45) is 0 Å². The predicted octanol–water partition coefficient (Wildman–Crippen LogP) is 8.05. The van der Waals surface area contributed by atoms with Gasteiger partial charge in [0, 0.05) is 5.54 Å². The molecule has 0 aliphatic heterocycles. The zero-order chi connectivity index (χ0) is 23.7. The smallest absolute Gasteiger partial charge is 0.215 e. The maximum atomic E-state index is 6.29. The molecule has 1 atom stereocenters. The third kappa shape index (κ3) is 6.35. The molecule has 5 heteroatoms. The van der Waals surface area contributed by atoms with Crippen LogP contribution in [0.15, 0.2) is 60.2 Å². The van der Waals surface area contributed by atoms with Crippen LogP contribution in [-0.4, -0.2) is 29.7 Å². The van der Waals surface area contributed by atoms with Crippen molar-refractivity contribution in [2.45, 2.75) is 84.0 Å². The highest BCUT2D eigenvalue weighted by molar-refractivity contribution is 6.79. The molecule has 178 valence electrons. The lowest BCUT2D eigenvalue weighted by Gasteiger charge is -2.35. The Hall–Kier alpha value is -2.40. The first-order chi connectivity index (χ1) is 16.0. The third-order valence-corrected chi connectivity index (χ3v) is 10.7. The molecule has 3 aromatic rings. The second kappa shape index (κ2) is 12.2. The molecule has 3 rings (SSSR count). The number of para-hydroxylation sites is 1. The summed E-state index contributed by atoms with van der Waals surface area (Å²) < 4.78 is 8.19. The first kappa shape index (κ1) is 25.2. The fourth-order valence-electron chi connectivity index (χ4n) is 5.06. The van der Waals surface area contributed by atoms with Gasteiger partial charge in [-0.2, -0.15) is 4.68 Å². The van der Waals surface area contributed by atoms with Crippen molar-refractivity contribution in [1.29, 1.82) is 0 Å². The topological polar surface area (TPSA) is 39.9 Å². The Balaban J connectivity index is 1.98. The van der Waals surface area contributed by atoms with Gasteiger partial charge >= 0.3 is 0 Å². The van der Waals surface area contributed by atoms with Gasteiger partial charge in [-0.15, -0.1) is 5.10 Å². The molecule has 0 N–H and O–H groups in total. The van der Waals surface area contributed by atoms with Crippen molar-refractivity contribution in [2.75, 3.05) is 6.61 Å². The molecule has 33 heavy (non-hydrogen) atoms. The number of hydrogen-bond acceptors (Lipinski definition) is 3. The molecule has 0 aliphatic rings. The van der Waals surface area contributed by atoms with Crippen LogP contribution in [0.4, 0.5) is 0 Å². The van der Waals surface area contributed by atoms with Crippen LogP contribution in [0.2, 0.25) is 19.1 Å². The van der Waals surface area contributed by atoms with Gasteiger partial charge in [-0.3, -0.25) is 0 Å². The first-order valence-electron chi connectivity index (χ1n) is 12.7. The fourth-order valence-corrected chi connectivity index (χ4v) is 8.90. The van der Waals surface area contributed by atoms with E-state index in [1.54, 1.807) is 0 Å². The zero-order valence-electron chi connectivity index (χ0n) is 21.2.